The molecule has 7 aromatic rings. The van der Waals surface area contributed by atoms with Gasteiger partial charge in [-0.2, -0.15) is 4.98 Å². The van der Waals surface area contributed by atoms with Gasteiger partial charge in [-0.1, -0.05) is 22.5 Å². The zero-order valence-corrected chi connectivity index (χ0v) is 66.9. The van der Waals surface area contributed by atoms with Gasteiger partial charge >= 0.3 is 5.97 Å². The Hall–Kier alpha value is -13.9. The minimum absolute atomic E-state index is 0.0229. The SMILES string of the molecule is C[C@H](O)[C@H]1NC(=O)[C@@H](Cc2cnc[nH]2)NC(=O)[C@@H](CO)NC(=O)[C@@H](Cc2cnc[nH]2)NC(=O)[C@@H](NC(=O)CC[C@H](NC(=O)c2ccc(NCc3cnc4nc(N)[nH]c(=O)c4n3)cc2)C(=O)O)Cc2cn(nn2)CCCC[C@@H](C(=O)NCCOCCOCCOCC(=O)N[C@@H](CCCCNC(=O)CO/N=C/c2ccc(F)cc2)C(N)=O)NC(=O)[C@@H](C)NC1=O. The summed E-state index contributed by atoms with van der Waals surface area (Å²) in [6.07, 6.45) is 6.86. The number of aromatic nitrogens is 11. The van der Waals surface area contributed by atoms with Gasteiger partial charge in [0.2, 0.25) is 65.0 Å². The highest BCUT2D eigenvalue weighted by Crippen LogP contribution is 2.16. The predicted molar refractivity (Wildman–Crippen MR) is 428 cm³/mol. The number of carboxylic acids is 1. The molecule has 5 aromatic heterocycles. The van der Waals surface area contributed by atoms with Gasteiger partial charge < -0.3 is 120 Å². The standard InChI is InChI=1S/C75H99FN26O21/c1-41-65(109)92-52(67(111)82-20-22-120-23-24-121-25-26-122-37-60(107)90-51(63(77)108)7-3-5-19-81-59(106)38-123-87-30-43-9-13-45(76)14-10-43)8-4-6-21-102-35-49(100-101-102)29-54(91-58(105)18-17-53(74(118)119)93-66(110)44-11-15-46(16-12-44)83-33-50-34-84-64-62(89-50)73(117)99-75(78)98-64)68(112)94-55(27-47-31-79-39-85-47)69(113)96-57(36-103)71(115)95-56(28-48-32-80-40-86-48)70(114)97-61(42(2)104)72(116)88-41/h9-16,30-32,34-35,39-42,51-57,61,83,103-104H,3-8,17-29,33,36-38H2,1-2H3,(H2,77,108)(H,79,85)(H,80,86)(H,81,106)(H,82,111)(H,88,116)(H,90,107)(H,91,105)(H,92,109)(H,93,110)(H,94,112)(H,95,115)(H,96,113)(H,97,114)(H,118,119)(H3,78,84,98,99,117)/b87-30+/t41-,42+,51+,52+,53+,54+,55-,56-,57-,61-/m1/s1. The molecular weight excluding hydrogens is 1620 g/mol. The lowest BCUT2D eigenvalue weighted by molar-refractivity contribution is -0.140. The summed E-state index contributed by atoms with van der Waals surface area (Å²) < 4.78 is 31.0. The number of aliphatic hydroxyl groups is 2. The van der Waals surface area contributed by atoms with Crippen LogP contribution < -0.4 is 80.8 Å². The first-order chi connectivity index (χ1) is 59.1. The Morgan fingerprint density at radius 1 is 0.707 bits per heavy atom. The van der Waals surface area contributed by atoms with Crippen LogP contribution in [0.5, 0.6) is 0 Å². The summed E-state index contributed by atoms with van der Waals surface area (Å²) in [6.45, 7) is 0.979. The monoisotopic (exact) mass is 1720 g/mol. The highest BCUT2D eigenvalue weighted by Gasteiger charge is 2.37. The molecule has 12 amide bonds. The molecule has 0 spiro atoms. The number of benzene rings is 2. The Morgan fingerprint density at radius 2 is 1.37 bits per heavy atom. The van der Waals surface area contributed by atoms with Crippen LogP contribution in [0.15, 0.2) is 95.9 Å². The van der Waals surface area contributed by atoms with Crippen molar-refractivity contribution in [1.82, 2.24) is 113 Å². The molecule has 1 aliphatic heterocycles. The lowest BCUT2D eigenvalue weighted by Gasteiger charge is -2.27. The molecule has 0 unspecified atom stereocenters. The molecule has 0 radical (unpaired) electrons. The highest BCUT2D eigenvalue weighted by molar-refractivity contribution is 5.99. The Labute approximate surface area is 699 Å². The third kappa shape index (κ3) is 32.3. The lowest BCUT2D eigenvalue weighted by Crippen LogP contribution is -2.62. The fraction of sp³-hybridized carbons (Fsp3) is 0.467. The Bertz CT molecular complexity index is 4790. The van der Waals surface area contributed by atoms with Crippen LogP contribution in [-0.2, 0) is 109 Å². The summed E-state index contributed by atoms with van der Waals surface area (Å²) in [5, 5.41) is 74.7. The zero-order chi connectivity index (χ0) is 88.7. The van der Waals surface area contributed by atoms with Crippen LogP contribution in [0.1, 0.15) is 104 Å². The van der Waals surface area contributed by atoms with Crippen molar-refractivity contribution in [2.75, 3.05) is 77.0 Å². The number of aliphatic hydroxyl groups excluding tert-OH is 2. The Kier molecular flexibility index (Phi) is 37.7. The second kappa shape index (κ2) is 49.0. The van der Waals surface area contributed by atoms with Gasteiger partial charge in [-0.3, -0.25) is 72.0 Å². The molecule has 22 N–H and O–H groups in total. The van der Waals surface area contributed by atoms with Gasteiger partial charge in [-0.15, -0.1) is 5.10 Å². The van der Waals surface area contributed by atoms with Crippen LogP contribution in [0.3, 0.4) is 0 Å². The maximum absolute atomic E-state index is 14.8. The molecule has 662 valence electrons. The number of fused-ring (bicyclic) bond motifs is 3. The molecule has 0 saturated carbocycles. The molecule has 1 aliphatic rings. The molecule has 0 fully saturated rings. The van der Waals surface area contributed by atoms with Crippen LogP contribution in [0.4, 0.5) is 16.0 Å². The molecule has 48 heteroatoms. The average molecular weight is 1720 g/mol. The summed E-state index contributed by atoms with van der Waals surface area (Å²) >= 11 is 0. The van der Waals surface area contributed by atoms with Gasteiger partial charge in [0.1, 0.15) is 66.8 Å². The number of hydrogen-bond acceptors (Lipinski definition) is 30. The van der Waals surface area contributed by atoms with Gasteiger partial charge in [0, 0.05) is 86.5 Å². The number of carboxylic acid groups (broad SMARTS) is 1. The Balaban J connectivity index is 0.876. The molecule has 0 saturated heterocycles. The number of carbonyl (C=O) groups excluding carboxylic acids is 12. The second-order valence-electron chi connectivity index (χ2n) is 28.1. The largest absolute Gasteiger partial charge is 0.480 e. The van der Waals surface area contributed by atoms with Gasteiger partial charge in [0.05, 0.1) is 88.7 Å². The minimum Gasteiger partial charge on any atom is -0.480 e. The molecule has 0 aliphatic carbocycles. The van der Waals surface area contributed by atoms with Crippen molar-refractivity contribution in [2.45, 2.75) is 158 Å². The van der Waals surface area contributed by atoms with Gasteiger partial charge in [-0.25, -0.2) is 29.1 Å². The number of aryl methyl sites for hydroxylation is 1. The maximum atomic E-state index is 14.8. The number of ether oxygens (including phenoxy) is 3. The van der Waals surface area contributed by atoms with Crippen molar-refractivity contribution >= 4 is 106 Å². The molecule has 2 aromatic carbocycles. The van der Waals surface area contributed by atoms with Crippen molar-refractivity contribution in [3.05, 3.63) is 136 Å². The smallest absolute Gasteiger partial charge is 0.326 e. The van der Waals surface area contributed by atoms with Crippen molar-refractivity contribution in [3.8, 4) is 0 Å². The number of rotatable bonds is 39. The van der Waals surface area contributed by atoms with Crippen molar-refractivity contribution < 1.29 is 101 Å². The molecule has 2 bridgehead atoms. The van der Waals surface area contributed by atoms with E-state index in [4.69, 9.17) is 30.5 Å². The van der Waals surface area contributed by atoms with Crippen LogP contribution >= 0.6 is 0 Å². The lowest BCUT2D eigenvalue weighted by atomic mass is 10.1. The van der Waals surface area contributed by atoms with E-state index >= 15 is 0 Å². The zero-order valence-electron chi connectivity index (χ0n) is 66.9. The first-order valence-corrected chi connectivity index (χ1v) is 39.0. The first-order valence-electron chi connectivity index (χ1n) is 39.0. The molecule has 10 atom stereocenters. The van der Waals surface area contributed by atoms with Crippen molar-refractivity contribution in [3.63, 3.8) is 0 Å². The highest BCUT2D eigenvalue weighted by atomic mass is 19.1. The van der Waals surface area contributed by atoms with Gasteiger partial charge in [-0.05, 0) is 101 Å². The fourth-order valence-corrected chi connectivity index (χ4v) is 11.9. The van der Waals surface area contributed by atoms with E-state index in [1.165, 1.54) is 104 Å². The topological polar surface area (TPSA) is 688 Å². The molecule has 8 rings (SSSR count). The molecule has 47 nitrogen and oxygen atoms in total. The number of aliphatic carboxylic acids is 1. The number of nitrogens with two attached hydrogens (primary N) is 2. The minimum atomic E-state index is -1.87. The second-order valence-corrected chi connectivity index (χ2v) is 28.1. The average Bonchev–Trinajstić information content (AvgIpc) is 1.61. The molecular formula is C75H99FN26O21. The van der Waals surface area contributed by atoms with Crippen LogP contribution in [-0.4, -0.2) is 280 Å². The number of carbonyl (C=O) groups is 13. The predicted octanol–water partition coefficient (Wildman–Crippen LogP) is -5.78. The van der Waals surface area contributed by atoms with E-state index in [9.17, 15) is 86.8 Å². The van der Waals surface area contributed by atoms with E-state index in [0.29, 0.717) is 29.8 Å². The number of anilines is 2. The number of nitrogen functional groups attached to an aromatic ring is 1. The van der Waals surface area contributed by atoms with Gasteiger partial charge in [0.15, 0.2) is 17.8 Å². The van der Waals surface area contributed by atoms with Crippen molar-refractivity contribution in [2.24, 2.45) is 10.9 Å². The Morgan fingerprint density at radius 3 is 2.04 bits per heavy atom. The maximum Gasteiger partial charge on any atom is 0.326 e. The van der Waals surface area contributed by atoms with Crippen LogP contribution in [0.25, 0.3) is 11.2 Å². The number of aromatic amines is 3. The van der Waals surface area contributed by atoms with E-state index in [1.807, 2.05) is 0 Å². The van der Waals surface area contributed by atoms with Crippen molar-refractivity contribution in [1.29, 1.82) is 0 Å². The number of amides is 12. The summed E-state index contributed by atoms with van der Waals surface area (Å²) in [6, 6.07) is -2.69. The van der Waals surface area contributed by atoms with E-state index in [-0.39, 0.29) is 144 Å². The number of oxime groups is 1. The number of hydrogen-bond donors (Lipinski definition) is 20. The number of halogens is 1. The summed E-state index contributed by atoms with van der Waals surface area (Å²) in [7, 11) is 0. The van der Waals surface area contributed by atoms with Crippen LogP contribution in [0.2, 0.25) is 0 Å². The number of H-pyrrole nitrogens is 3. The summed E-state index contributed by atoms with van der Waals surface area (Å²) in [5.74, 6) is -12.7. The normalized spacial score (nSPS) is 18.6. The molecule has 123 heavy (non-hydrogen) atoms. The summed E-state index contributed by atoms with van der Waals surface area (Å²) in [5.41, 5.74) is 12.6. The third-order valence-electron chi connectivity index (χ3n) is 18.4. The number of unbranched alkanes of at least 4 members (excludes halogenated alkanes) is 1. The van der Waals surface area contributed by atoms with E-state index in [1.54, 1.807) is 0 Å². The number of nitrogens with one attached hydrogen (secondary N) is 15. The van der Waals surface area contributed by atoms with E-state index in [0.717, 1.165) is 6.92 Å². The number of imidazole rings is 2. The first kappa shape index (κ1) is 94.6. The third-order valence-corrected chi connectivity index (χ3v) is 18.4. The quantitative estimate of drug-likeness (QED) is 0.00970. The number of nitrogens with zero attached hydrogens (tertiary/aromatic N) is 9. The molecule has 6 heterocycles. The summed E-state index contributed by atoms with van der Waals surface area (Å²) in [4.78, 5) is 222. The van der Waals surface area contributed by atoms with E-state index in [2.05, 4.69) is 119 Å². The number of primary amides is 1. The van der Waals surface area contributed by atoms with E-state index < -0.39 is 181 Å². The van der Waals surface area contributed by atoms with Crippen LogP contribution in [0, 0.1) is 5.82 Å². The fourth-order valence-electron chi connectivity index (χ4n) is 11.9. The van der Waals surface area contributed by atoms with Gasteiger partial charge in [0.25, 0.3) is 17.4 Å².